The fourth-order valence-electron chi connectivity index (χ4n) is 2.52. The van der Waals surface area contributed by atoms with Crippen molar-refractivity contribution in [2.24, 2.45) is 0 Å². The molecule has 0 saturated carbocycles. The van der Waals surface area contributed by atoms with Crippen LogP contribution in [-0.2, 0) is 21.1 Å². The minimum absolute atomic E-state index is 0.0277. The highest BCUT2D eigenvalue weighted by Crippen LogP contribution is 2.28. The minimum atomic E-state index is -3.12. The number of sulfone groups is 1. The van der Waals surface area contributed by atoms with Crippen LogP contribution < -0.4 is 10.6 Å². The second-order valence-corrected chi connectivity index (χ2v) is 7.67. The summed E-state index contributed by atoms with van der Waals surface area (Å²) in [4.78, 5) is 11.3. The average molecular weight is 296 g/mol. The third kappa shape index (κ3) is 3.02. The van der Waals surface area contributed by atoms with Crippen LogP contribution in [0.1, 0.15) is 30.5 Å². The molecule has 5 nitrogen and oxygen atoms in total. The molecule has 1 amide bonds. The molecular formula is C14H20N2O3S. The van der Waals surface area contributed by atoms with Gasteiger partial charge < -0.3 is 10.6 Å². The molecule has 2 unspecified atom stereocenters. The van der Waals surface area contributed by atoms with Crippen molar-refractivity contribution in [1.29, 1.82) is 0 Å². The number of hydrogen-bond donors (Lipinski definition) is 2. The highest BCUT2D eigenvalue weighted by molar-refractivity contribution is 7.91. The Morgan fingerprint density at radius 2 is 2.00 bits per heavy atom. The lowest BCUT2D eigenvalue weighted by molar-refractivity contribution is -0.116. The predicted molar refractivity (Wildman–Crippen MR) is 79.5 cm³/mol. The van der Waals surface area contributed by atoms with Gasteiger partial charge in [-0.15, -0.1) is 0 Å². The fraction of sp³-hybridized carbons (Fsp3) is 0.500. The van der Waals surface area contributed by atoms with Crippen LogP contribution in [-0.4, -0.2) is 32.9 Å². The molecule has 1 aromatic carbocycles. The van der Waals surface area contributed by atoms with Gasteiger partial charge in [0.05, 0.1) is 5.25 Å². The first-order valence-corrected chi connectivity index (χ1v) is 8.57. The molecule has 1 aliphatic heterocycles. The van der Waals surface area contributed by atoms with Crippen LogP contribution in [0.25, 0.3) is 0 Å². The largest absolute Gasteiger partial charge is 0.326 e. The van der Waals surface area contributed by atoms with Crippen LogP contribution in [0.15, 0.2) is 18.2 Å². The summed E-state index contributed by atoms with van der Waals surface area (Å²) in [7, 11) is -1.37. The van der Waals surface area contributed by atoms with Crippen molar-refractivity contribution in [2.45, 2.75) is 31.1 Å². The van der Waals surface area contributed by atoms with Crippen molar-refractivity contribution in [2.75, 3.05) is 18.6 Å². The third-order valence-corrected chi connectivity index (χ3v) is 5.46. The van der Waals surface area contributed by atoms with Crippen molar-refractivity contribution >= 4 is 21.4 Å². The van der Waals surface area contributed by atoms with Crippen molar-refractivity contribution in [3.63, 3.8) is 0 Å². The Labute approximate surface area is 119 Å². The Morgan fingerprint density at radius 3 is 2.60 bits per heavy atom. The third-order valence-electron chi connectivity index (χ3n) is 3.84. The van der Waals surface area contributed by atoms with E-state index in [-0.39, 0.29) is 11.9 Å². The molecule has 6 heteroatoms. The van der Waals surface area contributed by atoms with Crippen LogP contribution in [0.3, 0.4) is 0 Å². The zero-order chi connectivity index (χ0) is 14.9. The summed E-state index contributed by atoms with van der Waals surface area (Å²) in [6.07, 6.45) is 2.42. The van der Waals surface area contributed by atoms with Crippen molar-refractivity contribution in [3.8, 4) is 0 Å². The highest BCUT2D eigenvalue weighted by atomic mass is 32.2. The minimum Gasteiger partial charge on any atom is -0.326 e. The Morgan fingerprint density at radius 1 is 1.30 bits per heavy atom. The molecule has 0 aromatic heterocycles. The summed E-state index contributed by atoms with van der Waals surface area (Å²) in [5, 5.41) is 5.39. The van der Waals surface area contributed by atoms with E-state index in [0.29, 0.717) is 12.8 Å². The monoisotopic (exact) mass is 296 g/mol. The Hall–Kier alpha value is -1.40. The quantitative estimate of drug-likeness (QED) is 0.877. The molecule has 2 rings (SSSR count). The normalized spacial score (nSPS) is 18.1. The topological polar surface area (TPSA) is 75.3 Å². The molecule has 1 aliphatic rings. The molecular weight excluding hydrogens is 276 g/mol. The van der Waals surface area contributed by atoms with E-state index in [1.807, 2.05) is 18.2 Å². The molecule has 0 bridgehead atoms. The van der Waals surface area contributed by atoms with Gasteiger partial charge in [0.2, 0.25) is 5.91 Å². The molecule has 0 spiro atoms. The highest BCUT2D eigenvalue weighted by Gasteiger charge is 2.27. The molecule has 0 fully saturated rings. The molecule has 110 valence electrons. The van der Waals surface area contributed by atoms with Gasteiger partial charge in [0.1, 0.15) is 0 Å². The Bertz CT molecular complexity index is 625. The van der Waals surface area contributed by atoms with Crippen molar-refractivity contribution in [1.82, 2.24) is 5.32 Å². The second-order valence-electron chi connectivity index (χ2n) is 5.27. The van der Waals surface area contributed by atoms with Gasteiger partial charge in [0.15, 0.2) is 9.84 Å². The van der Waals surface area contributed by atoms with Gasteiger partial charge in [-0.1, -0.05) is 12.1 Å². The van der Waals surface area contributed by atoms with Crippen LogP contribution in [0.5, 0.6) is 0 Å². The lowest BCUT2D eigenvalue weighted by atomic mass is 9.96. The lowest BCUT2D eigenvalue weighted by Crippen LogP contribution is -2.33. The summed E-state index contributed by atoms with van der Waals surface area (Å²) in [6, 6.07) is 5.44. The van der Waals surface area contributed by atoms with Gasteiger partial charge in [-0.2, -0.15) is 0 Å². The zero-order valence-electron chi connectivity index (χ0n) is 11.9. The number of rotatable bonds is 4. The van der Waals surface area contributed by atoms with Crippen LogP contribution in [0.2, 0.25) is 0 Å². The maximum atomic E-state index is 11.7. The number of fused-ring (bicyclic) bond motifs is 1. The van der Waals surface area contributed by atoms with Crippen molar-refractivity contribution in [3.05, 3.63) is 29.3 Å². The molecule has 0 saturated heterocycles. The summed E-state index contributed by atoms with van der Waals surface area (Å²) in [6.45, 7) is 1.71. The van der Waals surface area contributed by atoms with E-state index in [0.717, 1.165) is 16.8 Å². The van der Waals surface area contributed by atoms with Gasteiger partial charge in [-0.05, 0) is 37.6 Å². The van der Waals surface area contributed by atoms with E-state index >= 15 is 0 Å². The molecule has 20 heavy (non-hydrogen) atoms. The number of amides is 1. The lowest BCUT2D eigenvalue weighted by Gasteiger charge is -2.25. The van der Waals surface area contributed by atoms with E-state index in [1.54, 1.807) is 14.0 Å². The Kier molecular flexibility index (Phi) is 4.15. The maximum absolute atomic E-state index is 11.7. The number of benzene rings is 1. The molecule has 1 aromatic rings. The molecule has 0 aliphatic carbocycles. The van der Waals surface area contributed by atoms with Gasteiger partial charge in [-0.25, -0.2) is 8.42 Å². The summed E-state index contributed by atoms with van der Waals surface area (Å²) < 4.78 is 23.5. The van der Waals surface area contributed by atoms with E-state index in [4.69, 9.17) is 0 Å². The van der Waals surface area contributed by atoms with Gasteiger partial charge >= 0.3 is 0 Å². The van der Waals surface area contributed by atoms with Crippen LogP contribution in [0.4, 0.5) is 5.69 Å². The number of aryl methyl sites for hydroxylation is 1. The standard InChI is InChI=1S/C14H20N2O3S/c1-9(20(3,18)19)14(15-2)11-4-6-12-10(8-11)5-7-13(17)16-12/h4,6,8-9,14-15H,5,7H2,1-3H3,(H,16,17). The van der Waals surface area contributed by atoms with E-state index in [9.17, 15) is 13.2 Å². The Balaban J connectivity index is 2.35. The van der Waals surface area contributed by atoms with Crippen molar-refractivity contribution < 1.29 is 13.2 Å². The number of carbonyl (C=O) groups is 1. The number of hydrogen-bond acceptors (Lipinski definition) is 4. The molecule has 2 N–H and O–H groups in total. The first-order chi connectivity index (χ1) is 9.32. The van der Waals surface area contributed by atoms with Gasteiger partial charge in [0, 0.05) is 24.4 Å². The number of nitrogens with one attached hydrogen (secondary N) is 2. The van der Waals surface area contributed by atoms with Crippen LogP contribution in [0, 0.1) is 0 Å². The summed E-state index contributed by atoms with van der Waals surface area (Å²) >= 11 is 0. The van der Waals surface area contributed by atoms with Gasteiger partial charge in [0.25, 0.3) is 0 Å². The van der Waals surface area contributed by atoms with Gasteiger partial charge in [-0.3, -0.25) is 4.79 Å². The first-order valence-electron chi connectivity index (χ1n) is 6.61. The molecule has 0 radical (unpaired) electrons. The first kappa shape index (κ1) is 15.0. The predicted octanol–water partition coefficient (Wildman–Crippen LogP) is 1.26. The summed E-state index contributed by atoms with van der Waals surface area (Å²) in [5.74, 6) is 0.0277. The molecule has 1 heterocycles. The summed E-state index contributed by atoms with van der Waals surface area (Å²) in [5.41, 5.74) is 2.82. The zero-order valence-corrected chi connectivity index (χ0v) is 12.8. The van der Waals surface area contributed by atoms with E-state index in [1.165, 1.54) is 6.26 Å². The van der Waals surface area contributed by atoms with E-state index in [2.05, 4.69) is 10.6 Å². The smallest absolute Gasteiger partial charge is 0.224 e. The molecule has 2 atom stereocenters. The second kappa shape index (κ2) is 5.54. The fourth-order valence-corrected chi connectivity index (χ4v) is 3.30. The van der Waals surface area contributed by atoms with E-state index < -0.39 is 15.1 Å². The van der Waals surface area contributed by atoms with Crippen LogP contribution >= 0.6 is 0 Å². The average Bonchev–Trinajstić information content (AvgIpc) is 2.38. The SMILES string of the molecule is CNC(c1ccc2c(c1)CCC(=O)N2)C(C)S(C)(=O)=O. The maximum Gasteiger partial charge on any atom is 0.224 e. The number of carbonyl (C=O) groups excluding carboxylic acids is 1. The number of anilines is 1.